The Morgan fingerprint density at radius 1 is 1.14 bits per heavy atom. The molecule has 0 unspecified atom stereocenters. The van der Waals surface area contributed by atoms with E-state index in [4.69, 9.17) is 38.4 Å². The molecule has 0 aliphatic rings. The van der Waals surface area contributed by atoms with Crippen molar-refractivity contribution in [3.05, 3.63) is 52.0 Å². The molecule has 110 valence electrons. The molecule has 0 bridgehead atoms. The lowest BCUT2D eigenvalue weighted by Gasteiger charge is -2.12. The second kappa shape index (κ2) is 6.70. The maximum Gasteiger partial charge on any atom is 0.340 e. The Morgan fingerprint density at radius 2 is 1.81 bits per heavy atom. The van der Waals surface area contributed by atoms with Crippen LogP contribution >= 0.6 is 23.2 Å². The summed E-state index contributed by atoms with van der Waals surface area (Å²) in [7, 11) is 0. The lowest BCUT2D eigenvalue weighted by atomic mass is 10.1. The molecule has 0 atom stereocenters. The van der Waals surface area contributed by atoms with Crippen LogP contribution in [-0.4, -0.2) is 12.6 Å². The van der Waals surface area contributed by atoms with Gasteiger partial charge in [-0.25, -0.2) is 4.79 Å². The van der Waals surface area contributed by atoms with Crippen LogP contribution in [0.2, 0.25) is 10.0 Å². The van der Waals surface area contributed by atoms with Crippen LogP contribution < -0.4 is 10.5 Å². The van der Waals surface area contributed by atoms with Gasteiger partial charge in [-0.3, -0.25) is 0 Å². The molecule has 0 aliphatic carbocycles. The lowest BCUT2D eigenvalue weighted by molar-refractivity contribution is 0.0527. The number of ether oxygens (including phenoxy) is 2. The van der Waals surface area contributed by atoms with E-state index < -0.39 is 5.97 Å². The number of para-hydroxylation sites is 1. The fourth-order valence-electron chi connectivity index (χ4n) is 1.70. The summed E-state index contributed by atoms with van der Waals surface area (Å²) >= 11 is 12.0. The zero-order chi connectivity index (χ0) is 15.4. The number of hydrogen-bond acceptors (Lipinski definition) is 4. The van der Waals surface area contributed by atoms with Crippen molar-refractivity contribution in [3.63, 3.8) is 0 Å². The number of esters is 1. The lowest BCUT2D eigenvalue weighted by Crippen LogP contribution is -2.08. The number of rotatable bonds is 4. The van der Waals surface area contributed by atoms with E-state index in [2.05, 4.69) is 0 Å². The summed E-state index contributed by atoms with van der Waals surface area (Å²) < 4.78 is 10.6. The smallest absolute Gasteiger partial charge is 0.340 e. The molecular weight excluding hydrogens is 313 g/mol. The van der Waals surface area contributed by atoms with Gasteiger partial charge in [0.1, 0.15) is 10.8 Å². The van der Waals surface area contributed by atoms with Crippen molar-refractivity contribution in [2.45, 2.75) is 6.92 Å². The molecule has 2 aromatic rings. The molecule has 0 aliphatic heterocycles. The first kappa shape index (κ1) is 15.5. The molecule has 2 N–H and O–H groups in total. The first-order valence-corrected chi connectivity index (χ1v) is 6.97. The van der Waals surface area contributed by atoms with Crippen molar-refractivity contribution < 1.29 is 14.3 Å². The Balaban J connectivity index is 2.35. The monoisotopic (exact) mass is 325 g/mol. The molecule has 21 heavy (non-hydrogen) atoms. The predicted octanol–water partition coefficient (Wildman–Crippen LogP) is 4.54. The first-order chi connectivity index (χ1) is 10.0. The van der Waals surface area contributed by atoms with Crippen LogP contribution in [0.4, 0.5) is 5.69 Å². The van der Waals surface area contributed by atoms with Crippen LogP contribution in [0.1, 0.15) is 17.3 Å². The van der Waals surface area contributed by atoms with E-state index in [-0.39, 0.29) is 22.9 Å². The third-order valence-electron chi connectivity index (χ3n) is 2.70. The van der Waals surface area contributed by atoms with Gasteiger partial charge in [0.25, 0.3) is 0 Å². The summed E-state index contributed by atoms with van der Waals surface area (Å²) in [4.78, 5) is 11.8. The summed E-state index contributed by atoms with van der Waals surface area (Å²) in [6, 6.07) is 9.86. The summed E-state index contributed by atoms with van der Waals surface area (Å²) in [5.41, 5.74) is 6.38. The van der Waals surface area contributed by atoms with Crippen LogP contribution in [-0.2, 0) is 4.74 Å². The van der Waals surface area contributed by atoms with Crippen molar-refractivity contribution in [2.75, 3.05) is 12.3 Å². The van der Waals surface area contributed by atoms with Gasteiger partial charge in [0.15, 0.2) is 5.75 Å². The van der Waals surface area contributed by atoms with Gasteiger partial charge < -0.3 is 15.2 Å². The number of anilines is 1. The third kappa shape index (κ3) is 3.40. The van der Waals surface area contributed by atoms with Gasteiger partial charge in [-0.2, -0.15) is 0 Å². The first-order valence-electron chi connectivity index (χ1n) is 6.22. The molecule has 0 radical (unpaired) electrons. The average molecular weight is 326 g/mol. The van der Waals surface area contributed by atoms with Crippen molar-refractivity contribution in [1.29, 1.82) is 0 Å². The van der Waals surface area contributed by atoms with Crippen molar-refractivity contribution >= 4 is 34.9 Å². The topological polar surface area (TPSA) is 61.5 Å². The molecule has 0 heterocycles. The van der Waals surface area contributed by atoms with Gasteiger partial charge in [-0.1, -0.05) is 35.3 Å². The van der Waals surface area contributed by atoms with Crippen LogP contribution in [0.5, 0.6) is 11.5 Å². The van der Waals surface area contributed by atoms with Gasteiger partial charge in [-0.15, -0.1) is 0 Å². The summed E-state index contributed by atoms with van der Waals surface area (Å²) in [5.74, 6) is 0.166. The van der Waals surface area contributed by atoms with E-state index in [9.17, 15) is 4.79 Å². The van der Waals surface area contributed by atoms with E-state index in [0.717, 1.165) is 0 Å². The van der Waals surface area contributed by atoms with Crippen LogP contribution in [0.3, 0.4) is 0 Å². The standard InChI is InChI=1S/C15H13Cl2NO3/c1-2-20-15(19)9-5-3-8-12(14(9)18)21-11-7-4-6-10(16)13(11)17/h3-8H,2,18H2,1H3. The van der Waals surface area contributed by atoms with Crippen LogP contribution in [0.15, 0.2) is 36.4 Å². The van der Waals surface area contributed by atoms with Crippen molar-refractivity contribution in [3.8, 4) is 11.5 Å². The highest BCUT2D eigenvalue weighted by atomic mass is 35.5. The average Bonchev–Trinajstić information content (AvgIpc) is 2.46. The van der Waals surface area contributed by atoms with Gasteiger partial charge in [0.05, 0.1) is 22.9 Å². The zero-order valence-electron chi connectivity index (χ0n) is 11.2. The number of hydrogen-bond donors (Lipinski definition) is 1. The van der Waals surface area contributed by atoms with Crippen LogP contribution in [0.25, 0.3) is 0 Å². The fourth-order valence-corrected chi connectivity index (χ4v) is 2.03. The minimum absolute atomic E-state index is 0.187. The fraction of sp³-hybridized carbons (Fsp3) is 0.133. The molecule has 0 saturated heterocycles. The Hall–Kier alpha value is -1.91. The highest BCUT2D eigenvalue weighted by Gasteiger charge is 2.16. The zero-order valence-corrected chi connectivity index (χ0v) is 12.7. The summed E-state index contributed by atoms with van der Waals surface area (Å²) in [5, 5.41) is 0.648. The normalized spacial score (nSPS) is 10.2. The molecule has 0 fully saturated rings. The largest absolute Gasteiger partial charge is 0.462 e. The molecule has 4 nitrogen and oxygen atoms in total. The second-order valence-electron chi connectivity index (χ2n) is 4.09. The molecule has 2 aromatic carbocycles. The van der Waals surface area contributed by atoms with Crippen molar-refractivity contribution in [1.82, 2.24) is 0 Å². The SMILES string of the molecule is CCOC(=O)c1cccc(Oc2cccc(Cl)c2Cl)c1N. The molecule has 0 spiro atoms. The Morgan fingerprint density at radius 3 is 2.52 bits per heavy atom. The van der Waals surface area contributed by atoms with Crippen LogP contribution in [0, 0.1) is 0 Å². The molecule has 0 aromatic heterocycles. The molecule has 2 rings (SSSR count). The highest BCUT2D eigenvalue weighted by Crippen LogP contribution is 2.37. The molecule has 0 amide bonds. The Bertz CT molecular complexity index is 674. The van der Waals surface area contributed by atoms with E-state index in [0.29, 0.717) is 16.5 Å². The number of nitrogen functional groups attached to an aromatic ring is 1. The molecule has 0 saturated carbocycles. The van der Waals surface area contributed by atoms with E-state index in [1.807, 2.05) is 0 Å². The number of benzene rings is 2. The van der Waals surface area contributed by atoms with E-state index in [1.54, 1.807) is 43.3 Å². The maximum atomic E-state index is 11.8. The van der Waals surface area contributed by atoms with E-state index in [1.165, 1.54) is 0 Å². The van der Waals surface area contributed by atoms with Gasteiger partial charge in [-0.05, 0) is 31.2 Å². The third-order valence-corrected chi connectivity index (χ3v) is 3.50. The minimum Gasteiger partial charge on any atom is -0.462 e. The van der Waals surface area contributed by atoms with Gasteiger partial charge >= 0.3 is 5.97 Å². The second-order valence-corrected chi connectivity index (χ2v) is 4.88. The van der Waals surface area contributed by atoms with Gasteiger partial charge in [0.2, 0.25) is 0 Å². The minimum atomic E-state index is -0.502. The highest BCUT2D eigenvalue weighted by molar-refractivity contribution is 6.42. The maximum absolute atomic E-state index is 11.8. The molecular formula is C15H13Cl2NO3. The van der Waals surface area contributed by atoms with E-state index >= 15 is 0 Å². The number of halogens is 2. The Kier molecular flexibility index (Phi) is 4.94. The quantitative estimate of drug-likeness (QED) is 0.662. The number of carbonyl (C=O) groups excluding carboxylic acids is 1. The summed E-state index contributed by atoms with van der Waals surface area (Å²) in [6.45, 7) is 1.99. The predicted molar refractivity (Wildman–Crippen MR) is 83.3 cm³/mol. The summed E-state index contributed by atoms with van der Waals surface area (Å²) in [6.07, 6.45) is 0. The number of carbonyl (C=O) groups is 1. The van der Waals surface area contributed by atoms with Gasteiger partial charge in [0, 0.05) is 0 Å². The number of nitrogens with two attached hydrogens (primary N) is 1. The molecule has 6 heteroatoms. The van der Waals surface area contributed by atoms with Crippen molar-refractivity contribution in [2.24, 2.45) is 0 Å². The Labute approximate surface area is 132 Å².